The molecule has 2 amide bonds. The van der Waals surface area contributed by atoms with Crippen LogP contribution in [0.1, 0.15) is 50.6 Å². The van der Waals surface area contributed by atoms with Crippen molar-refractivity contribution in [2.45, 2.75) is 25.7 Å². The van der Waals surface area contributed by atoms with Crippen LogP contribution in [0.4, 0.5) is 5.69 Å². The number of amides is 2. The number of methoxy groups -OCH3 is 1. The van der Waals surface area contributed by atoms with Crippen LogP contribution in [0.3, 0.4) is 0 Å². The molecule has 0 radical (unpaired) electrons. The normalized spacial score (nSPS) is 14.1. The third kappa shape index (κ3) is 5.34. The van der Waals surface area contributed by atoms with Crippen LogP contribution < -0.4 is 10.1 Å². The number of piperidine rings is 1. The Morgan fingerprint density at radius 1 is 1.03 bits per heavy atom. The smallest absolute Gasteiger partial charge is 0.255 e. The molecule has 0 spiro atoms. The van der Waals surface area contributed by atoms with Gasteiger partial charge in [-0.3, -0.25) is 9.59 Å². The molecule has 7 heteroatoms. The summed E-state index contributed by atoms with van der Waals surface area (Å²) in [4.78, 5) is 31.6. The zero-order valence-corrected chi connectivity index (χ0v) is 19.4. The molecule has 0 bridgehead atoms. The predicted molar refractivity (Wildman–Crippen MR) is 129 cm³/mol. The monoisotopic (exact) mass is 463 g/mol. The van der Waals surface area contributed by atoms with Crippen molar-refractivity contribution >= 4 is 29.1 Å². The van der Waals surface area contributed by atoms with E-state index in [1.165, 1.54) is 17.8 Å². The summed E-state index contributed by atoms with van der Waals surface area (Å²) in [6, 6.07) is 16.7. The average Bonchev–Trinajstić information content (AvgIpc) is 2.85. The summed E-state index contributed by atoms with van der Waals surface area (Å²) in [5.41, 5.74) is 3.72. The van der Waals surface area contributed by atoms with Crippen molar-refractivity contribution in [2.75, 3.05) is 25.5 Å². The third-order valence-corrected chi connectivity index (χ3v) is 6.30. The molecule has 6 nitrogen and oxygen atoms in total. The SMILES string of the molecule is COc1ccc(C2CCN(C(=O)c3ccc(C)c(NC(=O)c4ccnc(Cl)c4)c3)CC2)cc1. The van der Waals surface area contributed by atoms with Gasteiger partial charge in [-0.2, -0.15) is 0 Å². The number of aryl methyl sites for hydroxylation is 1. The number of pyridine rings is 1. The molecule has 33 heavy (non-hydrogen) atoms. The fourth-order valence-corrected chi connectivity index (χ4v) is 4.28. The summed E-state index contributed by atoms with van der Waals surface area (Å²) in [5, 5.41) is 3.13. The molecule has 1 aromatic heterocycles. The summed E-state index contributed by atoms with van der Waals surface area (Å²) in [6.45, 7) is 3.28. The van der Waals surface area contributed by atoms with Gasteiger partial charge in [0.05, 0.1) is 7.11 Å². The molecule has 4 rings (SSSR count). The first-order chi connectivity index (χ1) is 15.9. The van der Waals surface area contributed by atoms with E-state index in [-0.39, 0.29) is 17.0 Å². The molecule has 0 aliphatic carbocycles. The maximum atomic E-state index is 13.2. The maximum Gasteiger partial charge on any atom is 0.255 e. The van der Waals surface area contributed by atoms with Gasteiger partial charge in [0, 0.05) is 36.1 Å². The quantitative estimate of drug-likeness (QED) is 0.519. The second-order valence-corrected chi connectivity index (χ2v) is 8.58. The Morgan fingerprint density at radius 2 is 1.76 bits per heavy atom. The van der Waals surface area contributed by atoms with Crippen LogP contribution in [0.2, 0.25) is 5.15 Å². The minimum atomic E-state index is -0.299. The molecule has 1 N–H and O–H groups in total. The summed E-state index contributed by atoms with van der Waals surface area (Å²) in [6.07, 6.45) is 3.31. The van der Waals surface area contributed by atoms with E-state index >= 15 is 0 Å². The van der Waals surface area contributed by atoms with E-state index < -0.39 is 0 Å². The molecule has 170 valence electrons. The van der Waals surface area contributed by atoms with E-state index in [4.69, 9.17) is 16.3 Å². The second kappa shape index (κ2) is 10.0. The highest BCUT2D eigenvalue weighted by Gasteiger charge is 2.25. The number of benzene rings is 2. The molecular formula is C26H26ClN3O3. The first-order valence-corrected chi connectivity index (χ1v) is 11.3. The van der Waals surface area contributed by atoms with E-state index in [2.05, 4.69) is 22.4 Å². The van der Waals surface area contributed by atoms with Crippen molar-refractivity contribution in [1.82, 2.24) is 9.88 Å². The van der Waals surface area contributed by atoms with Crippen LogP contribution in [0.5, 0.6) is 5.75 Å². The molecule has 3 aromatic rings. The Morgan fingerprint density at radius 3 is 2.42 bits per heavy atom. The number of carbonyl (C=O) groups excluding carboxylic acids is 2. The topological polar surface area (TPSA) is 71.5 Å². The lowest BCUT2D eigenvalue weighted by molar-refractivity contribution is 0.0712. The van der Waals surface area contributed by atoms with Gasteiger partial charge in [0.15, 0.2) is 0 Å². The van der Waals surface area contributed by atoms with Crippen molar-refractivity contribution in [3.05, 3.63) is 88.2 Å². The van der Waals surface area contributed by atoms with Crippen molar-refractivity contribution in [1.29, 1.82) is 0 Å². The van der Waals surface area contributed by atoms with Crippen LogP contribution in [-0.2, 0) is 0 Å². The number of carbonyl (C=O) groups is 2. The van der Waals surface area contributed by atoms with Crippen molar-refractivity contribution < 1.29 is 14.3 Å². The third-order valence-electron chi connectivity index (χ3n) is 6.09. The Labute approximate surface area is 198 Å². The van der Waals surface area contributed by atoms with Gasteiger partial charge >= 0.3 is 0 Å². The van der Waals surface area contributed by atoms with Gasteiger partial charge in [-0.15, -0.1) is 0 Å². The van der Waals surface area contributed by atoms with Gasteiger partial charge in [0.25, 0.3) is 11.8 Å². The first kappa shape index (κ1) is 22.8. The maximum absolute atomic E-state index is 13.2. The fraction of sp³-hybridized carbons (Fsp3) is 0.269. The van der Waals surface area contributed by atoms with E-state index in [0.717, 1.165) is 24.2 Å². The van der Waals surface area contributed by atoms with Gasteiger partial charge in [-0.1, -0.05) is 29.8 Å². The van der Waals surface area contributed by atoms with Gasteiger partial charge in [0.1, 0.15) is 10.9 Å². The van der Waals surface area contributed by atoms with Gasteiger partial charge in [-0.25, -0.2) is 4.98 Å². The Hall–Kier alpha value is -3.38. The van der Waals surface area contributed by atoms with Crippen molar-refractivity contribution in [3.63, 3.8) is 0 Å². The summed E-state index contributed by atoms with van der Waals surface area (Å²) in [5.74, 6) is 0.957. The number of halogens is 1. The van der Waals surface area contributed by atoms with Gasteiger partial charge in [-0.05, 0) is 73.2 Å². The van der Waals surface area contributed by atoms with Crippen LogP contribution in [-0.4, -0.2) is 41.9 Å². The molecule has 1 saturated heterocycles. The number of rotatable bonds is 5. The number of hydrogen-bond acceptors (Lipinski definition) is 4. The number of nitrogens with one attached hydrogen (secondary N) is 1. The van der Waals surface area contributed by atoms with E-state index in [9.17, 15) is 9.59 Å². The molecule has 2 aromatic carbocycles. The molecule has 1 aliphatic heterocycles. The fourth-order valence-electron chi connectivity index (χ4n) is 4.10. The summed E-state index contributed by atoms with van der Waals surface area (Å²) >= 11 is 5.89. The minimum Gasteiger partial charge on any atom is -0.497 e. The number of aromatic nitrogens is 1. The molecule has 1 fully saturated rings. The molecule has 2 heterocycles. The number of likely N-dealkylation sites (tertiary alicyclic amines) is 1. The highest BCUT2D eigenvalue weighted by atomic mass is 35.5. The molecule has 0 unspecified atom stereocenters. The zero-order valence-electron chi connectivity index (χ0n) is 18.7. The standard InChI is InChI=1S/C26H26ClN3O3/c1-17-3-4-21(15-23(17)29-25(31)20-9-12-28-24(27)16-20)26(32)30-13-10-19(11-14-30)18-5-7-22(33-2)8-6-18/h3-9,12,15-16,19H,10-11,13-14H2,1-2H3,(H,29,31). The van der Waals surface area contributed by atoms with Crippen LogP contribution in [0.25, 0.3) is 0 Å². The Kier molecular flexibility index (Phi) is 6.94. The minimum absolute atomic E-state index is 0.0226. The highest BCUT2D eigenvalue weighted by molar-refractivity contribution is 6.29. The Bertz CT molecular complexity index is 1160. The number of ether oxygens (including phenoxy) is 1. The first-order valence-electron chi connectivity index (χ1n) is 10.9. The van der Waals surface area contributed by atoms with Crippen LogP contribution in [0.15, 0.2) is 60.8 Å². The summed E-state index contributed by atoms with van der Waals surface area (Å²) in [7, 11) is 1.66. The lowest BCUT2D eigenvalue weighted by Crippen LogP contribution is -2.38. The van der Waals surface area contributed by atoms with Gasteiger partial charge < -0.3 is 15.0 Å². The molecular weight excluding hydrogens is 438 g/mol. The average molecular weight is 464 g/mol. The second-order valence-electron chi connectivity index (χ2n) is 8.19. The lowest BCUT2D eigenvalue weighted by atomic mass is 9.89. The summed E-state index contributed by atoms with van der Waals surface area (Å²) < 4.78 is 5.24. The highest BCUT2D eigenvalue weighted by Crippen LogP contribution is 2.30. The number of hydrogen-bond donors (Lipinski definition) is 1. The largest absolute Gasteiger partial charge is 0.497 e. The van der Waals surface area contributed by atoms with E-state index in [0.29, 0.717) is 35.8 Å². The van der Waals surface area contributed by atoms with E-state index in [1.54, 1.807) is 19.2 Å². The molecule has 0 saturated carbocycles. The zero-order chi connectivity index (χ0) is 23.4. The van der Waals surface area contributed by atoms with Crippen molar-refractivity contribution in [2.24, 2.45) is 0 Å². The predicted octanol–water partition coefficient (Wildman–Crippen LogP) is 5.32. The van der Waals surface area contributed by atoms with Crippen LogP contribution >= 0.6 is 11.6 Å². The number of anilines is 1. The van der Waals surface area contributed by atoms with E-state index in [1.807, 2.05) is 36.1 Å². The number of nitrogens with zero attached hydrogens (tertiary/aromatic N) is 2. The molecule has 0 atom stereocenters. The van der Waals surface area contributed by atoms with Crippen molar-refractivity contribution in [3.8, 4) is 5.75 Å². The van der Waals surface area contributed by atoms with Gasteiger partial charge in [0.2, 0.25) is 0 Å². The lowest BCUT2D eigenvalue weighted by Gasteiger charge is -2.32. The molecule has 1 aliphatic rings. The Balaban J connectivity index is 1.42. The van der Waals surface area contributed by atoms with Crippen LogP contribution in [0, 0.1) is 6.92 Å².